The summed E-state index contributed by atoms with van der Waals surface area (Å²) in [6.45, 7) is 3.65. The average molecular weight is 211 g/mol. The predicted octanol–water partition coefficient (Wildman–Crippen LogP) is 1.87. The van der Waals surface area contributed by atoms with Gasteiger partial charge < -0.3 is 10.6 Å². The number of nitriles is 1. The van der Waals surface area contributed by atoms with Crippen molar-refractivity contribution in [3.05, 3.63) is 59.1 Å². The van der Waals surface area contributed by atoms with Crippen LogP contribution in [-0.2, 0) is 0 Å². The SMILES string of the molecule is C=CN/C(=C\NC)C1=C2C=C(C#N)CC2=C1. The minimum absolute atomic E-state index is 0.774. The standard InChI is InChI=1S/C13H13N3/c1-3-16-13(8-15-2)12-6-10-4-9(7-14)5-11(10)12/h3,5-6,8,15-16H,1,4H2,2H3/b13-8-. The zero-order valence-electron chi connectivity index (χ0n) is 9.17. The molecule has 0 fully saturated rings. The molecule has 0 atom stereocenters. The largest absolute Gasteiger partial charge is 0.392 e. The molecule has 0 aromatic rings. The maximum Gasteiger partial charge on any atom is 0.0950 e. The molecule has 0 heterocycles. The second-order valence-corrected chi connectivity index (χ2v) is 3.65. The quantitative estimate of drug-likeness (QED) is 0.746. The number of fused-ring (bicyclic) bond motifs is 1. The summed E-state index contributed by atoms with van der Waals surface area (Å²) < 4.78 is 0. The third-order valence-electron chi connectivity index (χ3n) is 2.63. The topological polar surface area (TPSA) is 47.8 Å². The van der Waals surface area contributed by atoms with Crippen LogP contribution in [0.4, 0.5) is 0 Å². The van der Waals surface area contributed by atoms with E-state index in [1.165, 1.54) is 11.1 Å². The van der Waals surface area contributed by atoms with E-state index in [0.717, 1.165) is 23.3 Å². The molecule has 0 amide bonds. The van der Waals surface area contributed by atoms with Crippen LogP contribution in [0.2, 0.25) is 0 Å². The molecule has 2 rings (SSSR count). The number of rotatable bonds is 4. The van der Waals surface area contributed by atoms with Gasteiger partial charge in [0.15, 0.2) is 0 Å². The lowest BCUT2D eigenvalue weighted by atomic mass is 9.89. The van der Waals surface area contributed by atoms with Crippen LogP contribution in [0, 0.1) is 11.3 Å². The van der Waals surface area contributed by atoms with E-state index in [1.54, 1.807) is 6.20 Å². The molecule has 0 saturated heterocycles. The highest BCUT2D eigenvalue weighted by Gasteiger charge is 2.26. The Balaban J connectivity index is 2.28. The molecule has 3 nitrogen and oxygen atoms in total. The number of nitrogens with zero attached hydrogens (tertiary/aromatic N) is 1. The summed E-state index contributed by atoms with van der Waals surface area (Å²) in [7, 11) is 1.85. The Morgan fingerprint density at radius 1 is 1.56 bits per heavy atom. The van der Waals surface area contributed by atoms with Crippen molar-refractivity contribution in [2.45, 2.75) is 6.42 Å². The van der Waals surface area contributed by atoms with Crippen LogP contribution in [0.3, 0.4) is 0 Å². The van der Waals surface area contributed by atoms with Crippen molar-refractivity contribution in [2.24, 2.45) is 0 Å². The zero-order chi connectivity index (χ0) is 11.5. The molecule has 16 heavy (non-hydrogen) atoms. The minimum atomic E-state index is 0.774. The number of allylic oxidation sites excluding steroid dienone is 5. The summed E-state index contributed by atoms with van der Waals surface area (Å²) in [5.41, 5.74) is 5.37. The van der Waals surface area contributed by atoms with Crippen molar-refractivity contribution in [2.75, 3.05) is 7.05 Å². The molecular formula is C13H13N3. The van der Waals surface area contributed by atoms with Crippen LogP contribution in [0.15, 0.2) is 59.1 Å². The molecule has 2 aliphatic carbocycles. The van der Waals surface area contributed by atoms with Gasteiger partial charge in [0.1, 0.15) is 0 Å². The van der Waals surface area contributed by atoms with Crippen molar-refractivity contribution < 1.29 is 0 Å². The van der Waals surface area contributed by atoms with Crippen LogP contribution in [-0.4, -0.2) is 7.05 Å². The molecule has 0 aromatic heterocycles. The van der Waals surface area contributed by atoms with E-state index >= 15 is 0 Å². The van der Waals surface area contributed by atoms with Crippen molar-refractivity contribution in [3.8, 4) is 6.07 Å². The lowest BCUT2D eigenvalue weighted by Crippen LogP contribution is -2.15. The minimum Gasteiger partial charge on any atom is -0.392 e. The average Bonchev–Trinajstić information content (AvgIpc) is 2.57. The van der Waals surface area contributed by atoms with Gasteiger partial charge in [0, 0.05) is 30.8 Å². The van der Waals surface area contributed by atoms with Gasteiger partial charge in [0.2, 0.25) is 0 Å². The Hall–Kier alpha value is -2.21. The summed E-state index contributed by atoms with van der Waals surface area (Å²) in [4.78, 5) is 0. The first-order valence-corrected chi connectivity index (χ1v) is 5.11. The zero-order valence-corrected chi connectivity index (χ0v) is 9.17. The first-order valence-electron chi connectivity index (χ1n) is 5.11. The van der Waals surface area contributed by atoms with E-state index in [9.17, 15) is 0 Å². The smallest absolute Gasteiger partial charge is 0.0950 e. The Morgan fingerprint density at radius 3 is 3.00 bits per heavy atom. The molecule has 0 spiro atoms. The van der Waals surface area contributed by atoms with Crippen LogP contribution in [0.25, 0.3) is 0 Å². The number of hydrogen-bond donors (Lipinski definition) is 2. The lowest BCUT2D eigenvalue weighted by Gasteiger charge is -2.20. The lowest BCUT2D eigenvalue weighted by molar-refractivity contribution is 0.990. The fraction of sp³-hybridized carbons (Fsp3) is 0.154. The maximum absolute atomic E-state index is 8.83. The molecule has 0 saturated carbocycles. The summed E-state index contributed by atoms with van der Waals surface area (Å²) in [5.74, 6) is 0. The maximum atomic E-state index is 8.83. The molecular weight excluding hydrogens is 198 g/mol. The van der Waals surface area contributed by atoms with E-state index in [4.69, 9.17) is 5.26 Å². The van der Waals surface area contributed by atoms with Gasteiger partial charge >= 0.3 is 0 Å². The van der Waals surface area contributed by atoms with E-state index in [2.05, 4.69) is 29.4 Å². The Labute approximate surface area is 95.2 Å². The monoisotopic (exact) mass is 211 g/mol. The van der Waals surface area contributed by atoms with Crippen molar-refractivity contribution in [3.63, 3.8) is 0 Å². The van der Waals surface area contributed by atoms with Gasteiger partial charge in [0.25, 0.3) is 0 Å². The van der Waals surface area contributed by atoms with Gasteiger partial charge in [0.05, 0.1) is 11.8 Å². The van der Waals surface area contributed by atoms with Gasteiger partial charge in [-0.05, 0) is 29.5 Å². The van der Waals surface area contributed by atoms with Gasteiger partial charge in [-0.25, -0.2) is 0 Å². The Bertz CT molecular complexity index is 496. The van der Waals surface area contributed by atoms with E-state index in [1.807, 2.05) is 19.3 Å². The first kappa shape index (κ1) is 10.3. The first-order chi connectivity index (χ1) is 7.80. The van der Waals surface area contributed by atoms with Crippen LogP contribution in [0.5, 0.6) is 0 Å². The van der Waals surface area contributed by atoms with Gasteiger partial charge in [-0.1, -0.05) is 6.58 Å². The fourth-order valence-electron chi connectivity index (χ4n) is 1.92. The predicted molar refractivity (Wildman–Crippen MR) is 63.9 cm³/mol. The highest BCUT2D eigenvalue weighted by Crippen LogP contribution is 2.41. The van der Waals surface area contributed by atoms with Crippen molar-refractivity contribution >= 4 is 0 Å². The highest BCUT2D eigenvalue weighted by molar-refractivity contribution is 5.70. The molecule has 2 N–H and O–H groups in total. The van der Waals surface area contributed by atoms with Gasteiger partial charge in [-0.3, -0.25) is 0 Å². The van der Waals surface area contributed by atoms with Crippen molar-refractivity contribution in [1.29, 1.82) is 5.26 Å². The second-order valence-electron chi connectivity index (χ2n) is 3.65. The van der Waals surface area contributed by atoms with E-state index in [-0.39, 0.29) is 0 Å². The highest BCUT2D eigenvalue weighted by atomic mass is 14.9. The third-order valence-corrected chi connectivity index (χ3v) is 2.63. The second kappa shape index (κ2) is 4.11. The fourth-order valence-corrected chi connectivity index (χ4v) is 1.92. The number of nitrogens with one attached hydrogen (secondary N) is 2. The molecule has 0 radical (unpaired) electrons. The van der Waals surface area contributed by atoms with E-state index in [0.29, 0.717) is 0 Å². The Kier molecular flexibility index (Phi) is 2.65. The van der Waals surface area contributed by atoms with Gasteiger partial charge in [-0.15, -0.1) is 0 Å². The summed E-state index contributed by atoms with van der Waals surface area (Å²) in [6, 6.07) is 2.20. The molecule has 0 aliphatic heterocycles. The van der Waals surface area contributed by atoms with Crippen LogP contribution >= 0.6 is 0 Å². The molecule has 0 aromatic carbocycles. The third kappa shape index (κ3) is 1.55. The summed E-state index contributed by atoms with van der Waals surface area (Å²) >= 11 is 0. The van der Waals surface area contributed by atoms with Gasteiger partial charge in [-0.2, -0.15) is 5.26 Å². The normalized spacial score (nSPS) is 17.9. The van der Waals surface area contributed by atoms with Crippen molar-refractivity contribution in [1.82, 2.24) is 10.6 Å². The summed E-state index contributed by atoms with van der Waals surface area (Å²) in [6.07, 6.45) is 8.37. The molecule has 2 aliphatic rings. The Morgan fingerprint density at radius 2 is 2.38 bits per heavy atom. The van der Waals surface area contributed by atoms with Crippen LogP contribution in [0.1, 0.15) is 6.42 Å². The molecule has 3 heteroatoms. The van der Waals surface area contributed by atoms with Crippen LogP contribution < -0.4 is 10.6 Å². The molecule has 80 valence electrons. The van der Waals surface area contributed by atoms with E-state index < -0.39 is 0 Å². The number of hydrogen-bond acceptors (Lipinski definition) is 3. The summed E-state index contributed by atoms with van der Waals surface area (Å²) in [5, 5.41) is 14.9. The molecule has 0 bridgehead atoms. The molecule has 0 unspecified atom stereocenters.